The number of benzene rings is 3. The van der Waals surface area contributed by atoms with Crippen molar-refractivity contribution in [3.8, 4) is 0 Å². The second-order valence-corrected chi connectivity index (χ2v) is 11.2. The van der Waals surface area contributed by atoms with Gasteiger partial charge in [0.2, 0.25) is 10.0 Å². The standard InChI is InChI=1S/C25H25N3O3S2/c1-3-27-21-15-12-18-7-4-5-8-20(18)23(21)32-25(27)26-24(29)22-9-6-16-28(22)33(30,31)19-13-10-17(2)11-14-19/h4-5,7-8,10-15,22H,3,6,9,16H2,1-2H3. The molecule has 1 aromatic heterocycles. The molecular formula is C25H25N3O3S2. The molecule has 3 aromatic carbocycles. The number of aryl methyl sites for hydroxylation is 2. The van der Waals surface area contributed by atoms with Crippen LogP contribution in [0.3, 0.4) is 0 Å². The lowest BCUT2D eigenvalue weighted by Gasteiger charge is -2.21. The van der Waals surface area contributed by atoms with E-state index in [0.717, 1.165) is 26.6 Å². The molecule has 1 fully saturated rings. The van der Waals surface area contributed by atoms with Gasteiger partial charge in [-0.05, 0) is 50.3 Å². The molecule has 170 valence electrons. The summed E-state index contributed by atoms with van der Waals surface area (Å²) in [5, 5.41) is 2.26. The first-order valence-electron chi connectivity index (χ1n) is 11.1. The highest BCUT2D eigenvalue weighted by Gasteiger charge is 2.39. The lowest BCUT2D eigenvalue weighted by atomic mass is 10.1. The smallest absolute Gasteiger partial charge is 0.266 e. The number of thiazole rings is 1. The first kappa shape index (κ1) is 22.0. The zero-order valence-electron chi connectivity index (χ0n) is 18.6. The van der Waals surface area contributed by atoms with Gasteiger partial charge in [0.1, 0.15) is 6.04 Å². The predicted molar refractivity (Wildman–Crippen MR) is 132 cm³/mol. The molecule has 1 aliphatic rings. The van der Waals surface area contributed by atoms with Gasteiger partial charge >= 0.3 is 0 Å². The summed E-state index contributed by atoms with van der Waals surface area (Å²) in [5.74, 6) is -0.402. The monoisotopic (exact) mass is 479 g/mol. The Morgan fingerprint density at radius 2 is 1.85 bits per heavy atom. The van der Waals surface area contributed by atoms with Crippen LogP contribution in [0.15, 0.2) is 70.6 Å². The zero-order valence-corrected chi connectivity index (χ0v) is 20.2. The Bertz CT molecular complexity index is 1530. The number of aromatic nitrogens is 1. The largest absolute Gasteiger partial charge is 0.317 e. The van der Waals surface area contributed by atoms with Crippen LogP contribution in [0.2, 0.25) is 0 Å². The number of amides is 1. The number of hydrogen-bond donors (Lipinski definition) is 0. The summed E-state index contributed by atoms with van der Waals surface area (Å²) in [4.78, 5) is 18.6. The second kappa shape index (κ2) is 8.52. The number of rotatable bonds is 4. The number of sulfonamides is 1. The topological polar surface area (TPSA) is 71.7 Å². The number of carbonyl (C=O) groups excluding carboxylic acids is 1. The van der Waals surface area contributed by atoms with E-state index < -0.39 is 22.0 Å². The average molecular weight is 480 g/mol. The Balaban J connectivity index is 1.56. The Hall–Kier alpha value is -2.81. The van der Waals surface area contributed by atoms with Gasteiger partial charge in [0.15, 0.2) is 4.80 Å². The molecule has 6 nitrogen and oxygen atoms in total. The third kappa shape index (κ3) is 3.82. The van der Waals surface area contributed by atoms with Gasteiger partial charge < -0.3 is 4.57 Å². The summed E-state index contributed by atoms with van der Waals surface area (Å²) >= 11 is 1.48. The molecule has 0 bridgehead atoms. The van der Waals surface area contributed by atoms with Gasteiger partial charge in [-0.2, -0.15) is 9.30 Å². The van der Waals surface area contributed by atoms with E-state index in [2.05, 4.69) is 29.3 Å². The van der Waals surface area contributed by atoms with Crippen molar-refractivity contribution in [1.82, 2.24) is 8.87 Å². The van der Waals surface area contributed by atoms with Crippen LogP contribution >= 0.6 is 11.3 Å². The molecular weight excluding hydrogens is 454 g/mol. The number of carbonyl (C=O) groups is 1. The molecule has 1 atom stereocenters. The van der Waals surface area contributed by atoms with Crippen molar-refractivity contribution in [1.29, 1.82) is 0 Å². The van der Waals surface area contributed by atoms with Gasteiger partial charge in [0.25, 0.3) is 5.91 Å². The molecule has 0 spiro atoms. The van der Waals surface area contributed by atoms with Crippen molar-refractivity contribution < 1.29 is 13.2 Å². The first-order valence-corrected chi connectivity index (χ1v) is 13.3. The van der Waals surface area contributed by atoms with Gasteiger partial charge in [-0.3, -0.25) is 4.79 Å². The van der Waals surface area contributed by atoms with Crippen molar-refractivity contribution >= 4 is 48.3 Å². The summed E-state index contributed by atoms with van der Waals surface area (Å²) in [5.41, 5.74) is 2.02. The Morgan fingerprint density at radius 3 is 2.61 bits per heavy atom. The van der Waals surface area contributed by atoms with Gasteiger partial charge in [0, 0.05) is 18.5 Å². The van der Waals surface area contributed by atoms with Crippen molar-refractivity contribution in [3.63, 3.8) is 0 Å². The molecule has 1 unspecified atom stereocenters. The van der Waals surface area contributed by atoms with Crippen LogP contribution in [0.25, 0.3) is 21.0 Å². The van der Waals surface area contributed by atoms with Crippen LogP contribution in [0.5, 0.6) is 0 Å². The molecule has 5 rings (SSSR count). The second-order valence-electron chi connectivity index (χ2n) is 8.30. The Morgan fingerprint density at radius 1 is 1.09 bits per heavy atom. The number of fused-ring (bicyclic) bond motifs is 3. The fraction of sp³-hybridized carbons (Fsp3) is 0.280. The highest BCUT2D eigenvalue weighted by atomic mass is 32.2. The fourth-order valence-electron chi connectivity index (χ4n) is 4.48. The maximum atomic E-state index is 13.3. The van der Waals surface area contributed by atoms with Crippen molar-refractivity contribution in [2.24, 2.45) is 4.99 Å². The SMILES string of the molecule is CCn1c(=NC(=O)C2CCCN2S(=O)(=O)c2ccc(C)cc2)sc2c3ccccc3ccc21. The molecule has 33 heavy (non-hydrogen) atoms. The molecule has 1 amide bonds. The maximum absolute atomic E-state index is 13.3. The van der Waals surface area contributed by atoms with Crippen LogP contribution in [0.4, 0.5) is 0 Å². The molecule has 0 N–H and O–H groups in total. The minimum absolute atomic E-state index is 0.213. The summed E-state index contributed by atoms with van der Waals surface area (Å²) in [6.07, 6.45) is 1.12. The van der Waals surface area contributed by atoms with Crippen molar-refractivity contribution in [3.05, 3.63) is 71.0 Å². The van der Waals surface area contributed by atoms with Gasteiger partial charge in [-0.25, -0.2) is 8.42 Å². The fourth-order valence-corrected chi connectivity index (χ4v) is 7.36. The Kier molecular flexibility index (Phi) is 5.68. The third-order valence-corrected chi connectivity index (χ3v) is 9.26. The van der Waals surface area contributed by atoms with Crippen LogP contribution in [0.1, 0.15) is 25.3 Å². The number of nitrogens with zero attached hydrogens (tertiary/aromatic N) is 3. The lowest BCUT2D eigenvalue weighted by Crippen LogP contribution is -2.40. The van der Waals surface area contributed by atoms with E-state index in [4.69, 9.17) is 0 Å². The minimum atomic E-state index is -3.76. The molecule has 4 aromatic rings. The molecule has 8 heteroatoms. The van der Waals surface area contributed by atoms with Crippen LogP contribution in [-0.4, -0.2) is 35.8 Å². The van der Waals surface area contributed by atoms with Gasteiger partial charge in [-0.1, -0.05) is 59.4 Å². The summed E-state index contributed by atoms with van der Waals surface area (Å²) < 4.78 is 30.9. The van der Waals surface area contributed by atoms with E-state index in [1.165, 1.54) is 15.6 Å². The molecule has 0 radical (unpaired) electrons. The van der Waals surface area contributed by atoms with E-state index in [1.807, 2.05) is 30.5 Å². The zero-order chi connectivity index (χ0) is 23.2. The lowest BCUT2D eigenvalue weighted by molar-refractivity contribution is -0.121. The van der Waals surface area contributed by atoms with Gasteiger partial charge in [-0.15, -0.1) is 0 Å². The van der Waals surface area contributed by atoms with E-state index in [0.29, 0.717) is 30.7 Å². The molecule has 1 aliphatic heterocycles. The van der Waals surface area contributed by atoms with E-state index in [1.54, 1.807) is 24.3 Å². The summed E-state index contributed by atoms with van der Waals surface area (Å²) in [6.45, 7) is 4.93. The Labute approximate surface area is 196 Å². The van der Waals surface area contributed by atoms with E-state index in [9.17, 15) is 13.2 Å². The number of hydrogen-bond acceptors (Lipinski definition) is 4. The first-order chi connectivity index (χ1) is 15.9. The summed E-state index contributed by atoms with van der Waals surface area (Å²) in [7, 11) is -3.76. The van der Waals surface area contributed by atoms with Crippen molar-refractivity contribution in [2.75, 3.05) is 6.54 Å². The highest BCUT2D eigenvalue weighted by Crippen LogP contribution is 2.29. The molecule has 0 saturated carbocycles. The van der Waals surface area contributed by atoms with Crippen LogP contribution < -0.4 is 4.80 Å². The maximum Gasteiger partial charge on any atom is 0.266 e. The van der Waals surface area contributed by atoms with E-state index in [-0.39, 0.29) is 4.90 Å². The average Bonchev–Trinajstić information content (AvgIpc) is 3.44. The summed E-state index contributed by atoms with van der Waals surface area (Å²) in [6, 6.07) is 18.3. The van der Waals surface area contributed by atoms with E-state index >= 15 is 0 Å². The molecule has 1 saturated heterocycles. The van der Waals surface area contributed by atoms with Crippen LogP contribution in [0, 0.1) is 6.92 Å². The third-order valence-electron chi connectivity index (χ3n) is 6.21. The quantitative estimate of drug-likeness (QED) is 0.434. The normalized spacial score (nSPS) is 17.9. The van der Waals surface area contributed by atoms with Crippen molar-refractivity contribution in [2.45, 2.75) is 44.2 Å². The minimum Gasteiger partial charge on any atom is -0.317 e. The van der Waals surface area contributed by atoms with Gasteiger partial charge in [0.05, 0.1) is 15.1 Å². The van der Waals surface area contributed by atoms with Crippen LogP contribution in [-0.2, 0) is 21.4 Å². The molecule has 2 heterocycles. The molecule has 0 aliphatic carbocycles. The predicted octanol–water partition coefficient (Wildman–Crippen LogP) is 4.46. The highest BCUT2D eigenvalue weighted by molar-refractivity contribution is 7.89.